The molecule has 18 heteroatoms. The van der Waals surface area contributed by atoms with E-state index in [9.17, 15) is 9.90 Å². The van der Waals surface area contributed by atoms with Gasteiger partial charge in [-0.25, -0.2) is 9.98 Å². The van der Waals surface area contributed by atoms with Gasteiger partial charge < -0.3 is 30.9 Å². The Balaban J connectivity index is 0.573. The minimum absolute atomic E-state index is 0.0614. The molecule has 12 aliphatic rings. The Morgan fingerprint density at radius 3 is 1.49 bits per heavy atom. The van der Waals surface area contributed by atoms with Crippen molar-refractivity contribution in [3.8, 4) is 0 Å². The Kier molecular flexibility index (Phi) is 14.0. The van der Waals surface area contributed by atoms with Crippen molar-refractivity contribution >= 4 is 65.0 Å². The van der Waals surface area contributed by atoms with Crippen molar-refractivity contribution in [1.29, 1.82) is 0 Å². The lowest BCUT2D eigenvalue weighted by Crippen LogP contribution is -2.62. The van der Waals surface area contributed by atoms with Crippen molar-refractivity contribution < 1.29 is 19.1 Å². The highest BCUT2D eigenvalue weighted by atomic mass is 32.2. The molecule has 8 heterocycles. The number of thioether (sulfide) groups is 3. The minimum atomic E-state index is -0.0614. The number of hydrogen-bond acceptors (Lipinski definition) is 15. The van der Waals surface area contributed by atoms with Crippen molar-refractivity contribution in [3.05, 3.63) is 0 Å². The number of amides is 1. The van der Waals surface area contributed by atoms with E-state index in [1.54, 1.807) is 0 Å². The van der Waals surface area contributed by atoms with Crippen LogP contribution in [0.2, 0.25) is 0 Å². The summed E-state index contributed by atoms with van der Waals surface area (Å²) in [6.45, 7) is 9.67. The molecule has 15 nitrogen and oxygen atoms in total. The van der Waals surface area contributed by atoms with Crippen molar-refractivity contribution in [2.45, 2.75) is 138 Å². The first-order chi connectivity index (χ1) is 31.9. The maximum absolute atomic E-state index is 13.6. The number of rotatable bonds is 16. The van der Waals surface area contributed by atoms with Gasteiger partial charge in [0, 0.05) is 104 Å². The standard InChI is InChI=1S/C47H77N13O2S3/c61-24-35-2-10-58-12-4-37(52-44(58)50-35)26-64-28-39-6-14-60-16-8-41(56-46(60)54-39)30-65-29-40-7-15-59-13-5-38(53-45(59)55-40)27-63-25-36-3-11-57-9-1-34(49-43(57)51-36)23-48-42(62)47-20-31-17-32(21-47)19-33(18-31)22-47/h31-41,61H,1-30H2,(H5,48,49,50,51,52,53,54,55,56,62)/p+2/t31?,32?,33?,34-,35-,36-,37-,38-,39-,40-,41-,47?/m1/s1. The Hall–Kier alpha value is -2.44. The fraction of sp³-hybridized carbons (Fsp3) is 0.894. The van der Waals surface area contributed by atoms with Gasteiger partial charge in [0.1, 0.15) is 6.04 Å². The van der Waals surface area contributed by atoms with E-state index >= 15 is 0 Å². The smallest absolute Gasteiger partial charge is 0.346 e. The van der Waals surface area contributed by atoms with Gasteiger partial charge in [-0.3, -0.25) is 35.2 Å². The molecule has 12 rings (SSSR count). The predicted octanol–water partition coefficient (Wildman–Crippen LogP) is 1.28. The Morgan fingerprint density at radius 2 is 0.985 bits per heavy atom. The zero-order valence-electron chi connectivity index (χ0n) is 38.8. The number of carbonyl (C=O) groups excluding carboxylic acids is 1. The fourth-order valence-corrected chi connectivity index (χ4v) is 17.2. The van der Waals surface area contributed by atoms with E-state index in [0.29, 0.717) is 48.2 Å². The molecule has 360 valence electrons. The number of aliphatic hydroxyl groups is 1. The maximum Gasteiger partial charge on any atom is 0.346 e. The Labute approximate surface area is 400 Å². The summed E-state index contributed by atoms with van der Waals surface area (Å²) < 4.78 is 4.88. The number of nitrogens with one attached hydrogen (secondary N) is 7. The molecule has 0 aromatic heterocycles. The van der Waals surface area contributed by atoms with E-state index in [1.807, 2.05) is 11.8 Å². The van der Waals surface area contributed by atoms with Gasteiger partial charge in [-0.05, 0) is 82.0 Å². The van der Waals surface area contributed by atoms with Crippen LogP contribution in [0, 0.1) is 23.2 Å². The van der Waals surface area contributed by atoms with Gasteiger partial charge in [-0.2, -0.15) is 35.3 Å². The van der Waals surface area contributed by atoms with Crippen LogP contribution in [0.15, 0.2) is 9.98 Å². The van der Waals surface area contributed by atoms with E-state index in [-0.39, 0.29) is 18.1 Å². The normalized spacial score (nSPS) is 38.3. The summed E-state index contributed by atoms with van der Waals surface area (Å²) in [7, 11) is 0. The summed E-state index contributed by atoms with van der Waals surface area (Å²) in [5, 5.41) is 35.7. The molecule has 8 atom stereocenters. The molecular formula is C47H79N13O2S3+2. The van der Waals surface area contributed by atoms with Crippen molar-refractivity contribution in [2.24, 2.45) is 33.2 Å². The molecule has 0 spiro atoms. The molecule has 65 heavy (non-hydrogen) atoms. The van der Waals surface area contributed by atoms with E-state index in [0.717, 1.165) is 174 Å². The van der Waals surface area contributed by atoms with Crippen LogP contribution >= 0.6 is 35.3 Å². The topological polar surface area (TPSA) is 159 Å². The third kappa shape index (κ3) is 10.6. The summed E-state index contributed by atoms with van der Waals surface area (Å²) in [6, 6.07) is 3.12. The second-order valence-electron chi connectivity index (χ2n) is 21.9. The number of guanidine groups is 4. The van der Waals surface area contributed by atoms with Gasteiger partial charge in [0.2, 0.25) is 5.91 Å². The fourth-order valence-electron chi connectivity index (χ4n) is 13.6. The van der Waals surface area contributed by atoms with Crippen LogP contribution in [0.25, 0.3) is 0 Å². The number of nitrogens with zero attached hydrogens (tertiary/aromatic N) is 6. The minimum Gasteiger partial charge on any atom is -0.393 e. The summed E-state index contributed by atoms with van der Waals surface area (Å²) >= 11 is 6.20. The molecule has 6 fully saturated rings. The first kappa shape index (κ1) is 45.0. The molecule has 8 N–H and O–H groups in total. The van der Waals surface area contributed by atoms with Gasteiger partial charge in [0.25, 0.3) is 0 Å². The monoisotopic (exact) mass is 954 g/mol. The number of fused-ring (bicyclic) bond motifs is 2. The van der Waals surface area contributed by atoms with Crippen LogP contribution in [0.1, 0.15) is 89.9 Å². The number of aliphatic imine (C=N–C) groups is 2. The number of hydrogen-bond donors (Lipinski definition) is 8. The van der Waals surface area contributed by atoms with Gasteiger partial charge in [-0.15, -0.1) is 0 Å². The Bertz CT molecular complexity index is 1810. The third-order valence-corrected chi connectivity index (χ3v) is 20.8. The molecule has 4 saturated carbocycles. The van der Waals surface area contributed by atoms with E-state index in [1.165, 1.54) is 50.9 Å². The van der Waals surface area contributed by atoms with E-state index in [2.05, 4.69) is 79.7 Å². The predicted molar refractivity (Wildman–Crippen MR) is 267 cm³/mol. The van der Waals surface area contributed by atoms with Gasteiger partial charge in [0.05, 0.1) is 69.5 Å². The largest absolute Gasteiger partial charge is 0.393 e. The average molecular weight is 954 g/mol. The maximum atomic E-state index is 13.6. The second-order valence-corrected chi connectivity index (χ2v) is 25.1. The van der Waals surface area contributed by atoms with Crippen LogP contribution in [0.4, 0.5) is 0 Å². The lowest BCUT2D eigenvalue weighted by atomic mass is 9.49. The van der Waals surface area contributed by atoms with Crippen molar-refractivity contribution in [2.75, 3.05) is 100 Å². The van der Waals surface area contributed by atoms with E-state index < -0.39 is 0 Å². The lowest BCUT2D eigenvalue weighted by Gasteiger charge is -2.55. The third-order valence-electron chi connectivity index (χ3n) is 17.0. The molecule has 4 bridgehead atoms. The summed E-state index contributed by atoms with van der Waals surface area (Å²) in [6.07, 6.45) is 16.6. The molecule has 0 aromatic rings. The lowest BCUT2D eigenvalue weighted by molar-refractivity contribution is -0.542. The van der Waals surface area contributed by atoms with Crippen LogP contribution in [-0.4, -0.2) is 202 Å². The van der Waals surface area contributed by atoms with Crippen LogP contribution in [-0.2, 0) is 4.79 Å². The van der Waals surface area contributed by atoms with E-state index in [4.69, 9.17) is 9.98 Å². The summed E-state index contributed by atoms with van der Waals surface area (Å²) in [5.74, 6) is 13.9. The zero-order chi connectivity index (χ0) is 43.7. The van der Waals surface area contributed by atoms with Crippen molar-refractivity contribution in [3.63, 3.8) is 0 Å². The van der Waals surface area contributed by atoms with Gasteiger partial charge in [-0.1, -0.05) is 0 Å². The molecule has 0 radical (unpaired) electrons. The molecule has 2 saturated heterocycles. The SMILES string of the molecule is O=C(NC[C@H]1CC[N+]2=C(N1)N[C@@H](CSC[C@H]1CCN3CC[C@H](CSC[C@H]4CCN5CC[C@H](CSC[C@H]6CC[N+]7=C(N6)N[C@@H](CO)CC7)N=C5N4)N=C3N1)CC2)C12CC3CC(CC(C3)C1)C2. The molecule has 0 aromatic carbocycles. The second kappa shape index (κ2) is 20.3. The molecular weight excluding hydrogens is 875 g/mol. The number of aliphatic hydroxyl groups excluding tert-OH is 1. The molecule has 8 aliphatic heterocycles. The highest BCUT2D eigenvalue weighted by molar-refractivity contribution is 7.99. The van der Waals surface area contributed by atoms with Crippen LogP contribution in [0.5, 0.6) is 0 Å². The average Bonchev–Trinajstić information content (AvgIpc) is 3.32. The van der Waals surface area contributed by atoms with Crippen LogP contribution < -0.4 is 37.2 Å². The summed E-state index contributed by atoms with van der Waals surface area (Å²) in [4.78, 5) is 29.1. The first-order valence-electron chi connectivity index (χ1n) is 26.0. The van der Waals surface area contributed by atoms with Crippen molar-refractivity contribution in [1.82, 2.24) is 47.0 Å². The highest BCUT2D eigenvalue weighted by Crippen LogP contribution is 2.60. The summed E-state index contributed by atoms with van der Waals surface area (Å²) in [5.41, 5.74) is -0.0614. The molecule has 4 aliphatic carbocycles. The molecule has 0 unspecified atom stereocenters. The highest BCUT2D eigenvalue weighted by Gasteiger charge is 2.54. The van der Waals surface area contributed by atoms with Gasteiger partial charge >= 0.3 is 11.9 Å². The number of carbonyl (C=O) groups is 1. The van der Waals surface area contributed by atoms with Crippen LogP contribution in [0.3, 0.4) is 0 Å². The zero-order valence-corrected chi connectivity index (χ0v) is 41.3. The molecule has 1 amide bonds. The van der Waals surface area contributed by atoms with Gasteiger partial charge in [0.15, 0.2) is 11.9 Å². The Morgan fingerprint density at radius 1 is 0.569 bits per heavy atom. The first-order valence-corrected chi connectivity index (χ1v) is 29.5. The quantitative estimate of drug-likeness (QED) is 0.105.